The molecule has 0 unspecified atom stereocenters. The summed E-state index contributed by atoms with van der Waals surface area (Å²) in [6.45, 7) is 11.0. The fourth-order valence-electron chi connectivity index (χ4n) is 4.14. The number of benzene rings is 1. The van der Waals surface area contributed by atoms with Gasteiger partial charge in [-0.1, -0.05) is 50.0 Å². The molecule has 0 radical (unpaired) electrons. The van der Waals surface area contributed by atoms with Crippen LogP contribution in [0.4, 0.5) is 0 Å². The number of amides is 1. The van der Waals surface area contributed by atoms with Gasteiger partial charge in [0, 0.05) is 28.7 Å². The van der Waals surface area contributed by atoms with Crippen molar-refractivity contribution in [1.29, 1.82) is 0 Å². The van der Waals surface area contributed by atoms with Crippen LogP contribution in [0.5, 0.6) is 0 Å². The van der Waals surface area contributed by atoms with E-state index in [9.17, 15) is 13.2 Å². The summed E-state index contributed by atoms with van der Waals surface area (Å²) in [5.41, 5.74) is 0.234. The van der Waals surface area contributed by atoms with Gasteiger partial charge in [-0.3, -0.25) is 4.79 Å². The summed E-state index contributed by atoms with van der Waals surface area (Å²) in [5.74, 6) is -0.630. The third-order valence-electron chi connectivity index (χ3n) is 4.94. The Balaban J connectivity index is 2.06. The van der Waals surface area contributed by atoms with Gasteiger partial charge in [-0.15, -0.1) is 0 Å². The molecule has 1 saturated heterocycles. The molecule has 5 nitrogen and oxygen atoms in total. The number of hydrogen-bond acceptors (Lipinski definition) is 3. The van der Waals surface area contributed by atoms with Gasteiger partial charge in [0.05, 0.1) is 11.7 Å². The number of carbonyl (C=O) groups is 1. The second-order valence-corrected chi connectivity index (χ2v) is 12.6. The number of nitrogens with one attached hydrogen (secondary N) is 1. The second-order valence-electron chi connectivity index (χ2n) is 9.80. The maximum atomic E-state index is 12.9. The SMILES string of the molecule is CC(C)(C)CC(C)(C)NC(=O)[C@@H]1CCCN(S(=O)(=O)Cc2ccc(Cl)cc2Cl)C1. The quantitative estimate of drug-likeness (QED) is 0.655. The van der Waals surface area contributed by atoms with Crippen LogP contribution in [0.15, 0.2) is 18.2 Å². The lowest BCUT2D eigenvalue weighted by molar-refractivity contribution is -0.128. The van der Waals surface area contributed by atoms with E-state index >= 15 is 0 Å². The van der Waals surface area contributed by atoms with Crippen molar-refractivity contribution in [2.24, 2.45) is 11.3 Å². The van der Waals surface area contributed by atoms with E-state index in [-0.39, 0.29) is 35.1 Å². The molecule has 2 rings (SSSR count). The van der Waals surface area contributed by atoms with E-state index in [1.807, 2.05) is 13.8 Å². The molecular weight excluding hydrogens is 431 g/mol. The van der Waals surface area contributed by atoms with Gasteiger partial charge in [-0.2, -0.15) is 0 Å². The lowest BCUT2D eigenvalue weighted by atomic mass is 9.81. The van der Waals surface area contributed by atoms with Crippen molar-refractivity contribution in [2.45, 2.75) is 65.2 Å². The van der Waals surface area contributed by atoms with Crippen molar-refractivity contribution >= 4 is 39.1 Å². The third-order valence-corrected chi connectivity index (χ3v) is 7.32. The molecule has 8 heteroatoms. The molecule has 1 N–H and O–H groups in total. The smallest absolute Gasteiger partial charge is 0.224 e. The highest BCUT2D eigenvalue weighted by atomic mass is 35.5. The summed E-state index contributed by atoms with van der Waals surface area (Å²) in [7, 11) is -3.58. The monoisotopic (exact) mass is 462 g/mol. The van der Waals surface area contributed by atoms with Gasteiger partial charge in [0.15, 0.2) is 0 Å². The number of carbonyl (C=O) groups excluding carboxylic acids is 1. The zero-order valence-electron chi connectivity index (χ0n) is 17.9. The Bertz CT molecular complexity index is 848. The van der Waals surface area contributed by atoms with E-state index in [1.54, 1.807) is 12.1 Å². The number of sulfonamides is 1. The van der Waals surface area contributed by atoms with E-state index in [0.717, 1.165) is 6.42 Å². The Kier molecular flexibility index (Phi) is 7.69. The molecule has 0 aliphatic carbocycles. The summed E-state index contributed by atoms with van der Waals surface area (Å²) in [6, 6.07) is 4.80. The molecule has 1 heterocycles. The maximum absolute atomic E-state index is 12.9. The number of nitrogens with zero attached hydrogens (tertiary/aromatic N) is 1. The van der Waals surface area contributed by atoms with Crippen molar-refractivity contribution in [3.05, 3.63) is 33.8 Å². The molecule has 164 valence electrons. The van der Waals surface area contributed by atoms with Gasteiger partial charge in [0.2, 0.25) is 15.9 Å². The minimum atomic E-state index is -3.58. The standard InChI is InChI=1S/C21H32Cl2N2O3S/c1-20(2,3)14-21(4,5)24-19(26)15-7-6-10-25(12-15)29(27,28)13-16-8-9-17(22)11-18(16)23/h8-9,11,15H,6-7,10,12-14H2,1-5H3,(H,24,26)/t15-/m1/s1. The molecule has 1 aromatic carbocycles. The third kappa shape index (κ3) is 7.42. The lowest BCUT2D eigenvalue weighted by Gasteiger charge is -2.36. The molecule has 29 heavy (non-hydrogen) atoms. The van der Waals surface area contributed by atoms with E-state index in [4.69, 9.17) is 23.2 Å². The van der Waals surface area contributed by atoms with E-state index in [1.165, 1.54) is 10.4 Å². The summed E-state index contributed by atoms with van der Waals surface area (Å²) >= 11 is 12.0. The Morgan fingerprint density at radius 3 is 2.45 bits per heavy atom. The molecule has 1 amide bonds. The molecule has 0 bridgehead atoms. The molecule has 1 fully saturated rings. The van der Waals surface area contributed by atoms with Gasteiger partial charge < -0.3 is 5.32 Å². The Morgan fingerprint density at radius 2 is 1.86 bits per heavy atom. The van der Waals surface area contributed by atoms with Gasteiger partial charge in [-0.05, 0) is 56.2 Å². The van der Waals surface area contributed by atoms with Crippen molar-refractivity contribution in [3.63, 3.8) is 0 Å². The van der Waals surface area contributed by atoms with Crippen LogP contribution in [0.2, 0.25) is 10.0 Å². The van der Waals surface area contributed by atoms with Crippen LogP contribution in [0.3, 0.4) is 0 Å². The molecule has 1 aromatic rings. The summed E-state index contributed by atoms with van der Waals surface area (Å²) < 4.78 is 27.3. The molecule has 0 spiro atoms. The van der Waals surface area contributed by atoms with Gasteiger partial charge in [0.25, 0.3) is 0 Å². The Hall–Kier alpha value is -0.820. The predicted molar refractivity (Wildman–Crippen MR) is 120 cm³/mol. The minimum absolute atomic E-state index is 0.0799. The number of piperidine rings is 1. The average Bonchev–Trinajstić information content (AvgIpc) is 2.55. The zero-order chi connectivity index (χ0) is 22.0. The van der Waals surface area contributed by atoms with Crippen LogP contribution >= 0.6 is 23.2 Å². The van der Waals surface area contributed by atoms with Crippen LogP contribution < -0.4 is 5.32 Å². The summed E-state index contributed by atoms with van der Waals surface area (Å²) in [6.07, 6.45) is 2.17. The topological polar surface area (TPSA) is 66.5 Å². The normalized spacial score (nSPS) is 19.2. The van der Waals surface area contributed by atoms with Crippen LogP contribution in [0.1, 0.15) is 59.4 Å². The van der Waals surface area contributed by atoms with Crippen molar-refractivity contribution < 1.29 is 13.2 Å². The van der Waals surface area contributed by atoms with E-state index in [2.05, 4.69) is 26.1 Å². The second kappa shape index (κ2) is 9.13. The predicted octanol–water partition coefficient (Wildman–Crippen LogP) is 4.87. The molecular formula is C21H32Cl2N2O3S. The number of hydrogen-bond donors (Lipinski definition) is 1. The first-order chi connectivity index (χ1) is 13.2. The first kappa shape index (κ1) is 24.4. The minimum Gasteiger partial charge on any atom is -0.351 e. The van der Waals surface area contributed by atoms with Crippen LogP contribution in [0.25, 0.3) is 0 Å². The summed E-state index contributed by atoms with van der Waals surface area (Å²) in [5, 5.41) is 3.92. The van der Waals surface area contributed by atoms with E-state index in [0.29, 0.717) is 35.0 Å². The van der Waals surface area contributed by atoms with Crippen LogP contribution in [-0.4, -0.2) is 37.3 Å². The van der Waals surface area contributed by atoms with Gasteiger partial charge >= 0.3 is 0 Å². The first-order valence-corrected chi connectivity index (χ1v) is 12.3. The highest BCUT2D eigenvalue weighted by molar-refractivity contribution is 7.88. The van der Waals surface area contributed by atoms with E-state index < -0.39 is 10.0 Å². The average molecular weight is 463 g/mol. The number of halogens is 2. The first-order valence-electron chi connectivity index (χ1n) is 9.92. The maximum Gasteiger partial charge on any atom is 0.224 e. The zero-order valence-corrected chi connectivity index (χ0v) is 20.2. The largest absolute Gasteiger partial charge is 0.351 e. The molecule has 1 atom stereocenters. The highest BCUT2D eigenvalue weighted by Gasteiger charge is 2.35. The fourth-order valence-corrected chi connectivity index (χ4v) is 6.34. The Morgan fingerprint density at radius 1 is 1.21 bits per heavy atom. The van der Waals surface area contributed by atoms with Crippen molar-refractivity contribution in [3.8, 4) is 0 Å². The summed E-state index contributed by atoms with van der Waals surface area (Å²) in [4.78, 5) is 12.9. The lowest BCUT2D eigenvalue weighted by Crippen LogP contribution is -2.52. The fraction of sp³-hybridized carbons (Fsp3) is 0.667. The Labute approximate surface area is 185 Å². The van der Waals surface area contributed by atoms with Crippen molar-refractivity contribution in [2.75, 3.05) is 13.1 Å². The molecule has 0 saturated carbocycles. The van der Waals surface area contributed by atoms with Crippen molar-refractivity contribution in [1.82, 2.24) is 9.62 Å². The highest BCUT2D eigenvalue weighted by Crippen LogP contribution is 2.29. The van der Waals surface area contributed by atoms with Crippen LogP contribution in [-0.2, 0) is 20.6 Å². The van der Waals surface area contributed by atoms with Gasteiger partial charge in [-0.25, -0.2) is 12.7 Å². The number of rotatable bonds is 6. The van der Waals surface area contributed by atoms with Crippen LogP contribution in [0, 0.1) is 11.3 Å². The van der Waals surface area contributed by atoms with Gasteiger partial charge in [0.1, 0.15) is 0 Å². The molecule has 0 aromatic heterocycles. The molecule has 1 aliphatic rings. The molecule has 1 aliphatic heterocycles.